The van der Waals surface area contributed by atoms with Crippen LogP contribution in [0.4, 0.5) is 0 Å². The zero-order valence-corrected chi connectivity index (χ0v) is 14.1. The van der Waals surface area contributed by atoms with Crippen LogP contribution < -0.4 is 5.32 Å². The van der Waals surface area contributed by atoms with E-state index in [0.29, 0.717) is 17.8 Å². The molecule has 0 aliphatic carbocycles. The average Bonchev–Trinajstić information content (AvgIpc) is 2.91. The van der Waals surface area contributed by atoms with Crippen LogP contribution >= 0.6 is 0 Å². The van der Waals surface area contributed by atoms with E-state index in [9.17, 15) is 9.90 Å². The van der Waals surface area contributed by atoms with Crippen molar-refractivity contribution in [2.45, 2.75) is 52.2 Å². The van der Waals surface area contributed by atoms with Gasteiger partial charge in [0.25, 0.3) is 5.91 Å². The summed E-state index contributed by atoms with van der Waals surface area (Å²) in [5.41, 5.74) is 0.912. The lowest BCUT2D eigenvalue weighted by molar-refractivity contribution is 0.0714. The molecule has 124 valence electrons. The highest BCUT2D eigenvalue weighted by Gasteiger charge is 2.16. The second kappa shape index (κ2) is 6.91. The summed E-state index contributed by atoms with van der Waals surface area (Å²) in [5.74, 6) is 1.12. The molecule has 0 bridgehead atoms. The molecular weight excluding hydrogens is 292 g/mol. The van der Waals surface area contributed by atoms with Gasteiger partial charge in [0.2, 0.25) is 0 Å². The number of rotatable bonds is 6. The first-order valence-electron chi connectivity index (χ1n) is 7.76. The molecule has 0 spiro atoms. The molecule has 23 heavy (non-hydrogen) atoms. The summed E-state index contributed by atoms with van der Waals surface area (Å²) in [5, 5.41) is 19.5. The third-order valence-electron chi connectivity index (χ3n) is 3.56. The van der Waals surface area contributed by atoms with Crippen molar-refractivity contribution in [3.8, 4) is 0 Å². The number of nitrogens with one attached hydrogen (secondary N) is 2. The van der Waals surface area contributed by atoms with Crippen molar-refractivity contribution in [2.75, 3.05) is 0 Å². The normalized spacial score (nSPS) is 12.9. The van der Waals surface area contributed by atoms with Crippen LogP contribution in [0, 0.1) is 6.92 Å². The predicted molar refractivity (Wildman–Crippen MR) is 88.1 cm³/mol. The van der Waals surface area contributed by atoms with Crippen molar-refractivity contribution in [3.63, 3.8) is 0 Å². The standard InChI is InChI=1S/C17H24N4O2/c1-11(15-19-12(2)20-21-15)18-16(22)14-7-5-6-13(10-14)8-9-17(3,4)23/h5-7,10-11,23H,8-9H2,1-4H3,(H,18,22)(H,19,20,21). The number of amides is 1. The van der Waals surface area contributed by atoms with Gasteiger partial charge in [0.1, 0.15) is 5.82 Å². The number of nitrogens with zero attached hydrogens (tertiary/aromatic N) is 2. The molecule has 0 saturated heterocycles. The summed E-state index contributed by atoms with van der Waals surface area (Å²) in [4.78, 5) is 16.6. The van der Waals surface area contributed by atoms with Crippen LogP contribution in [-0.2, 0) is 6.42 Å². The molecule has 1 aromatic carbocycles. The zero-order valence-electron chi connectivity index (χ0n) is 14.1. The molecule has 0 fully saturated rings. The molecule has 1 aromatic heterocycles. The Balaban J connectivity index is 2.02. The van der Waals surface area contributed by atoms with Crippen LogP contribution in [0.25, 0.3) is 0 Å². The first-order valence-corrected chi connectivity index (χ1v) is 7.76. The number of aryl methyl sites for hydroxylation is 2. The molecule has 1 unspecified atom stereocenters. The largest absolute Gasteiger partial charge is 0.390 e. The maximum atomic E-state index is 12.4. The molecule has 0 aliphatic heterocycles. The van der Waals surface area contributed by atoms with E-state index in [0.717, 1.165) is 17.8 Å². The lowest BCUT2D eigenvalue weighted by Crippen LogP contribution is -2.27. The quantitative estimate of drug-likeness (QED) is 0.762. The Kier molecular flexibility index (Phi) is 5.15. The third kappa shape index (κ3) is 5.17. The van der Waals surface area contributed by atoms with Crippen molar-refractivity contribution in [3.05, 3.63) is 47.0 Å². The van der Waals surface area contributed by atoms with Gasteiger partial charge in [0.05, 0.1) is 11.6 Å². The molecule has 1 atom stereocenters. The van der Waals surface area contributed by atoms with Gasteiger partial charge >= 0.3 is 0 Å². The molecule has 0 radical (unpaired) electrons. The molecule has 2 rings (SSSR count). The summed E-state index contributed by atoms with van der Waals surface area (Å²) in [6, 6.07) is 7.18. The minimum absolute atomic E-state index is 0.162. The highest BCUT2D eigenvalue weighted by Crippen LogP contribution is 2.15. The minimum Gasteiger partial charge on any atom is -0.390 e. The Morgan fingerprint density at radius 3 is 2.78 bits per heavy atom. The number of benzene rings is 1. The molecule has 0 saturated carbocycles. The Morgan fingerprint density at radius 2 is 2.17 bits per heavy atom. The molecule has 6 heteroatoms. The molecule has 0 aliphatic rings. The van der Waals surface area contributed by atoms with E-state index < -0.39 is 5.60 Å². The van der Waals surface area contributed by atoms with Gasteiger partial charge in [0, 0.05) is 5.56 Å². The highest BCUT2D eigenvalue weighted by molar-refractivity contribution is 5.94. The third-order valence-corrected chi connectivity index (χ3v) is 3.56. The van der Waals surface area contributed by atoms with Crippen molar-refractivity contribution in [1.29, 1.82) is 0 Å². The number of H-pyrrole nitrogens is 1. The predicted octanol–water partition coefficient (Wildman–Crippen LogP) is 2.31. The number of hydrogen-bond donors (Lipinski definition) is 3. The zero-order chi connectivity index (χ0) is 17.0. The number of carbonyl (C=O) groups is 1. The van der Waals surface area contributed by atoms with Crippen LogP contribution in [0.2, 0.25) is 0 Å². The van der Waals surface area contributed by atoms with E-state index in [1.165, 1.54) is 0 Å². The Bertz CT molecular complexity index is 673. The van der Waals surface area contributed by atoms with Gasteiger partial charge in [-0.25, -0.2) is 4.98 Å². The van der Waals surface area contributed by atoms with E-state index >= 15 is 0 Å². The summed E-state index contributed by atoms with van der Waals surface area (Å²) in [7, 11) is 0. The smallest absolute Gasteiger partial charge is 0.251 e. The first-order chi connectivity index (χ1) is 10.7. The van der Waals surface area contributed by atoms with Crippen molar-refractivity contribution in [1.82, 2.24) is 20.5 Å². The van der Waals surface area contributed by atoms with Crippen LogP contribution in [0.15, 0.2) is 24.3 Å². The van der Waals surface area contributed by atoms with Crippen LogP contribution in [-0.4, -0.2) is 31.8 Å². The maximum Gasteiger partial charge on any atom is 0.251 e. The molecule has 3 N–H and O–H groups in total. The van der Waals surface area contributed by atoms with Crippen LogP contribution in [0.1, 0.15) is 60.8 Å². The van der Waals surface area contributed by atoms with E-state index in [1.807, 2.05) is 32.0 Å². The topological polar surface area (TPSA) is 90.9 Å². The van der Waals surface area contributed by atoms with E-state index in [4.69, 9.17) is 0 Å². The first kappa shape index (κ1) is 17.1. The molecular formula is C17H24N4O2. The molecule has 6 nitrogen and oxygen atoms in total. The van der Waals surface area contributed by atoms with Gasteiger partial charge in [-0.3, -0.25) is 9.89 Å². The van der Waals surface area contributed by atoms with E-state index in [2.05, 4.69) is 20.5 Å². The molecule has 1 amide bonds. The summed E-state index contributed by atoms with van der Waals surface area (Å²) < 4.78 is 0. The second-order valence-electron chi connectivity index (χ2n) is 6.49. The minimum atomic E-state index is -0.712. The van der Waals surface area contributed by atoms with Crippen LogP contribution in [0.3, 0.4) is 0 Å². The molecule has 2 aromatic rings. The summed E-state index contributed by atoms with van der Waals surface area (Å²) in [6.45, 7) is 7.23. The number of carbonyl (C=O) groups excluding carboxylic acids is 1. The maximum absolute atomic E-state index is 12.4. The summed E-state index contributed by atoms with van der Waals surface area (Å²) >= 11 is 0. The fourth-order valence-corrected chi connectivity index (χ4v) is 2.22. The summed E-state index contributed by atoms with van der Waals surface area (Å²) in [6.07, 6.45) is 1.37. The number of aliphatic hydroxyl groups is 1. The lowest BCUT2D eigenvalue weighted by Gasteiger charge is -2.17. The van der Waals surface area contributed by atoms with Gasteiger partial charge in [0.15, 0.2) is 5.82 Å². The van der Waals surface area contributed by atoms with E-state index in [-0.39, 0.29) is 11.9 Å². The lowest BCUT2D eigenvalue weighted by atomic mass is 9.98. The van der Waals surface area contributed by atoms with Crippen molar-refractivity contribution < 1.29 is 9.90 Å². The fourth-order valence-electron chi connectivity index (χ4n) is 2.22. The van der Waals surface area contributed by atoms with Gasteiger partial charge in [-0.15, -0.1) is 0 Å². The van der Waals surface area contributed by atoms with Gasteiger partial charge in [-0.2, -0.15) is 5.10 Å². The molecule has 1 heterocycles. The van der Waals surface area contributed by atoms with Crippen LogP contribution in [0.5, 0.6) is 0 Å². The monoisotopic (exact) mass is 316 g/mol. The van der Waals surface area contributed by atoms with Crippen molar-refractivity contribution in [2.24, 2.45) is 0 Å². The van der Waals surface area contributed by atoms with E-state index in [1.54, 1.807) is 19.9 Å². The fraction of sp³-hybridized carbons (Fsp3) is 0.471. The van der Waals surface area contributed by atoms with Gasteiger partial charge in [-0.05, 0) is 58.2 Å². The van der Waals surface area contributed by atoms with Crippen molar-refractivity contribution >= 4 is 5.91 Å². The SMILES string of the molecule is Cc1nc(C(C)NC(=O)c2cccc(CCC(C)(C)O)c2)n[nH]1. The highest BCUT2D eigenvalue weighted by atomic mass is 16.3. The Labute approximate surface area is 136 Å². The number of aromatic amines is 1. The number of hydrogen-bond acceptors (Lipinski definition) is 4. The average molecular weight is 316 g/mol. The Morgan fingerprint density at radius 1 is 1.43 bits per heavy atom. The van der Waals surface area contributed by atoms with Gasteiger partial charge < -0.3 is 10.4 Å². The second-order valence-corrected chi connectivity index (χ2v) is 6.49. The number of aromatic nitrogens is 3. The van der Waals surface area contributed by atoms with Gasteiger partial charge in [-0.1, -0.05) is 12.1 Å². The Hall–Kier alpha value is -2.21.